The molecule has 0 radical (unpaired) electrons. The van der Waals surface area contributed by atoms with Crippen LogP contribution in [0.1, 0.15) is 13.8 Å². The number of nitrogens with zero attached hydrogens (tertiary/aromatic N) is 2. The number of nitrogens with one attached hydrogen (secondary N) is 3. The maximum Gasteiger partial charge on any atom is 0.295 e. The van der Waals surface area contributed by atoms with Crippen molar-refractivity contribution in [2.24, 2.45) is 4.99 Å². The molecule has 2 rings (SSSR count). The zero-order valence-electron chi connectivity index (χ0n) is 12.1. The van der Waals surface area contributed by atoms with Gasteiger partial charge in [-0.1, -0.05) is 0 Å². The summed E-state index contributed by atoms with van der Waals surface area (Å²) >= 11 is 0. The summed E-state index contributed by atoms with van der Waals surface area (Å²) in [6, 6.07) is 0. The van der Waals surface area contributed by atoms with Gasteiger partial charge < -0.3 is 15.3 Å². The van der Waals surface area contributed by atoms with Gasteiger partial charge in [-0.3, -0.25) is 25.9 Å². The average molecular weight is 315 g/mol. The Hall–Kier alpha value is -2.04. The zero-order valence-corrected chi connectivity index (χ0v) is 12.1. The van der Waals surface area contributed by atoms with Crippen molar-refractivity contribution in [3.63, 3.8) is 0 Å². The molecule has 0 aliphatic carbocycles. The third kappa shape index (κ3) is 2.56. The van der Waals surface area contributed by atoms with E-state index in [1.54, 1.807) is 0 Å². The lowest BCUT2D eigenvalue weighted by Gasteiger charge is -2.34. The van der Waals surface area contributed by atoms with Crippen LogP contribution in [0.3, 0.4) is 0 Å². The van der Waals surface area contributed by atoms with E-state index in [2.05, 4.69) is 15.7 Å². The van der Waals surface area contributed by atoms with Crippen molar-refractivity contribution in [3.8, 4) is 0 Å². The van der Waals surface area contributed by atoms with Crippen molar-refractivity contribution in [3.05, 3.63) is 11.3 Å². The van der Waals surface area contributed by atoms with Crippen LogP contribution in [0.5, 0.6) is 0 Å². The Morgan fingerprint density at radius 3 is 2.82 bits per heavy atom. The lowest BCUT2D eigenvalue weighted by Crippen LogP contribution is -2.60. The first-order valence-electron chi connectivity index (χ1n) is 6.57. The van der Waals surface area contributed by atoms with Gasteiger partial charge in [-0.25, -0.2) is 9.40 Å². The van der Waals surface area contributed by atoms with E-state index in [1.165, 1.54) is 11.9 Å². The number of halogens is 1. The van der Waals surface area contributed by atoms with Crippen molar-refractivity contribution in [1.29, 1.82) is 5.41 Å². The van der Waals surface area contributed by atoms with E-state index in [9.17, 15) is 19.4 Å². The van der Waals surface area contributed by atoms with E-state index in [-0.39, 0.29) is 29.6 Å². The minimum atomic E-state index is -2.36. The van der Waals surface area contributed by atoms with Crippen molar-refractivity contribution in [2.45, 2.75) is 31.7 Å². The van der Waals surface area contributed by atoms with Gasteiger partial charge in [-0.2, -0.15) is 0 Å². The molecule has 2 heterocycles. The lowest BCUT2D eigenvalue weighted by atomic mass is 9.88. The molecule has 0 aromatic rings. The number of guanidine groups is 1. The number of hydrazine groups is 1. The summed E-state index contributed by atoms with van der Waals surface area (Å²) in [6.07, 6.45) is -3.50. The van der Waals surface area contributed by atoms with Crippen molar-refractivity contribution < 1.29 is 24.5 Å². The molecule has 1 saturated heterocycles. The van der Waals surface area contributed by atoms with Gasteiger partial charge in [0.1, 0.15) is 12.2 Å². The highest BCUT2D eigenvalue weighted by atomic mass is 19.1. The molecular weight excluding hydrogens is 297 g/mol. The Morgan fingerprint density at radius 2 is 2.23 bits per heavy atom. The Labute approximate surface area is 125 Å². The first-order valence-corrected chi connectivity index (χ1v) is 6.57. The summed E-state index contributed by atoms with van der Waals surface area (Å²) in [4.78, 5) is 15.7. The van der Waals surface area contributed by atoms with Crippen molar-refractivity contribution >= 4 is 17.7 Å². The van der Waals surface area contributed by atoms with E-state index >= 15 is 0 Å². The standard InChI is InChI=1S/C12H18FN5O4/c1-5(12(2,13)8(21)7(20)4-19)6-3-15-9-10(22)16-11(14)17-18(6)9/h7-8,19-21H,3-4H2,1-2H3,(H3,14,16,17,22)/b6-5-/t7-,8-,12+/m1/s1. The molecule has 0 unspecified atom stereocenters. The zero-order chi connectivity index (χ0) is 16.7. The number of carbonyl (C=O) groups is 1. The van der Waals surface area contributed by atoms with Crippen molar-refractivity contribution in [1.82, 2.24) is 15.8 Å². The molecule has 2 aliphatic heterocycles. The predicted molar refractivity (Wildman–Crippen MR) is 74.5 cm³/mol. The molecule has 0 bridgehead atoms. The Bertz CT molecular complexity index is 574. The van der Waals surface area contributed by atoms with Gasteiger partial charge in [-0.05, 0) is 19.4 Å². The van der Waals surface area contributed by atoms with Crippen LogP contribution in [0.4, 0.5) is 4.39 Å². The van der Waals surface area contributed by atoms with E-state index in [1.807, 2.05) is 0 Å². The van der Waals surface area contributed by atoms with Crippen molar-refractivity contribution in [2.75, 3.05) is 13.2 Å². The molecule has 9 nitrogen and oxygen atoms in total. The molecule has 1 fully saturated rings. The normalized spacial score (nSPS) is 25.5. The van der Waals surface area contributed by atoms with Crippen LogP contribution < -0.4 is 10.7 Å². The number of aliphatic hydroxyl groups is 3. The highest BCUT2D eigenvalue weighted by molar-refractivity contribution is 6.42. The summed E-state index contributed by atoms with van der Waals surface area (Å²) in [6.45, 7) is 1.64. The summed E-state index contributed by atoms with van der Waals surface area (Å²) in [7, 11) is 0. The summed E-state index contributed by atoms with van der Waals surface area (Å²) in [5.74, 6) is -0.894. The molecular formula is C12H18FN5O4. The lowest BCUT2D eigenvalue weighted by molar-refractivity contribution is -0.114. The first-order chi connectivity index (χ1) is 10.2. The second kappa shape index (κ2) is 5.63. The topological polar surface area (TPSA) is 141 Å². The van der Waals surface area contributed by atoms with Gasteiger partial charge in [0.2, 0.25) is 11.8 Å². The van der Waals surface area contributed by atoms with Gasteiger partial charge in [-0.15, -0.1) is 0 Å². The molecule has 122 valence electrons. The number of fused-ring (bicyclic) bond motifs is 1. The Kier molecular flexibility index (Phi) is 4.18. The Balaban J connectivity index is 2.34. The number of hydrogen-bond acceptors (Lipinski definition) is 7. The molecule has 1 amide bonds. The number of amides is 1. The Morgan fingerprint density at radius 1 is 1.59 bits per heavy atom. The van der Waals surface area contributed by atoms with Gasteiger partial charge in [0.25, 0.3) is 5.91 Å². The number of alkyl halides is 1. The molecule has 0 aromatic carbocycles. The molecule has 0 aromatic heterocycles. The highest BCUT2D eigenvalue weighted by Crippen LogP contribution is 2.32. The summed E-state index contributed by atoms with van der Waals surface area (Å²) < 4.78 is 14.9. The summed E-state index contributed by atoms with van der Waals surface area (Å²) in [5, 5.41) is 39.0. The quantitative estimate of drug-likeness (QED) is 0.354. The van der Waals surface area contributed by atoms with Gasteiger partial charge in [0, 0.05) is 0 Å². The van der Waals surface area contributed by atoms with Gasteiger partial charge in [0.15, 0.2) is 5.67 Å². The van der Waals surface area contributed by atoms with E-state index in [0.29, 0.717) is 0 Å². The number of carbonyl (C=O) groups excluding carboxylic acids is 1. The van der Waals surface area contributed by atoms with Crippen LogP contribution in [0.15, 0.2) is 16.3 Å². The highest BCUT2D eigenvalue weighted by Gasteiger charge is 2.44. The maximum absolute atomic E-state index is 14.9. The van der Waals surface area contributed by atoms with Crippen LogP contribution >= 0.6 is 0 Å². The minimum Gasteiger partial charge on any atom is -0.394 e. The van der Waals surface area contributed by atoms with Gasteiger partial charge >= 0.3 is 0 Å². The van der Waals surface area contributed by atoms with Crippen LogP contribution in [0.2, 0.25) is 0 Å². The monoisotopic (exact) mass is 315 g/mol. The number of amidine groups is 1. The predicted octanol–water partition coefficient (Wildman–Crippen LogP) is -2.01. The number of aliphatic hydroxyl groups excluding tert-OH is 3. The smallest absolute Gasteiger partial charge is 0.295 e. The number of hydrogen-bond donors (Lipinski definition) is 6. The number of aliphatic imine (C=N–C) groups is 1. The first kappa shape index (κ1) is 16.3. The largest absolute Gasteiger partial charge is 0.394 e. The fraction of sp³-hybridized carbons (Fsp3) is 0.583. The van der Waals surface area contributed by atoms with E-state index in [4.69, 9.17) is 10.5 Å². The molecule has 10 heteroatoms. The van der Waals surface area contributed by atoms with Gasteiger partial charge in [0.05, 0.1) is 18.8 Å². The van der Waals surface area contributed by atoms with Crippen LogP contribution in [0.25, 0.3) is 0 Å². The third-order valence-corrected chi connectivity index (χ3v) is 3.80. The van der Waals surface area contributed by atoms with E-state index in [0.717, 1.165) is 6.92 Å². The average Bonchev–Trinajstić information content (AvgIpc) is 2.88. The summed E-state index contributed by atoms with van der Waals surface area (Å²) in [5.41, 5.74) is 0.451. The molecule has 3 atom stereocenters. The number of rotatable bonds is 4. The fourth-order valence-electron chi connectivity index (χ4n) is 2.27. The maximum atomic E-state index is 14.9. The minimum absolute atomic E-state index is 0.0154. The molecule has 2 aliphatic rings. The molecule has 0 saturated carbocycles. The SMILES string of the molecule is C/C(=C1\CN=C2C(=O)NC(=N)NN21)[C@](C)(F)[C@H](O)[C@H](O)CO. The van der Waals surface area contributed by atoms with Crippen LogP contribution in [0, 0.1) is 5.41 Å². The van der Waals surface area contributed by atoms with Crippen LogP contribution in [-0.4, -0.2) is 69.1 Å². The fourth-order valence-corrected chi connectivity index (χ4v) is 2.27. The molecule has 0 spiro atoms. The third-order valence-electron chi connectivity index (χ3n) is 3.80. The van der Waals surface area contributed by atoms with E-state index < -0.39 is 30.4 Å². The second-order valence-electron chi connectivity index (χ2n) is 5.26. The molecule has 6 N–H and O–H groups in total. The second-order valence-corrected chi connectivity index (χ2v) is 5.26. The van der Waals surface area contributed by atoms with Crippen LogP contribution in [-0.2, 0) is 4.79 Å². The molecule has 22 heavy (non-hydrogen) atoms.